The summed E-state index contributed by atoms with van der Waals surface area (Å²) in [7, 11) is 0. The van der Waals surface area contributed by atoms with Crippen molar-refractivity contribution in [2.24, 2.45) is 22.9 Å². The van der Waals surface area contributed by atoms with Crippen molar-refractivity contribution in [3.8, 4) is 0 Å². The fourth-order valence-electron chi connectivity index (χ4n) is 7.55. The van der Waals surface area contributed by atoms with Crippen molar-refractivity contribution in [1.82, 2.24) is 31.9 Å². The predicted octanol–water partition coefficient (Wildman–Crippen LogP) is 3.36. The Morgan fingerprint density at radius 1 is 0.400 bits per heavy atom. The Balaban J connectivity index is 5.43. The predicted molar refractivity (Wildman–Crippen MR) is 288 cm³/mol. The number of amides is 6. The van der Waals surface area contributed by atoms with Crippen LogP contribution >= 0.6 is 23.5 Å². The van der Waals surface area contributed by atoms with E-state index < -0.39 is 84.9 Å². The number of hydrogen-bond donors (Lipinski definition) is 12. The Hall–Kier alpha value is -2.72. The molecule has 0 aromatic carbocycles. The van der Waals surface area contributed by atoms with E-state index in [1.54, 1.807) is 0 Å². The van der Waals surface area contributed by atoms with E-state index in [0.29, 0.717) is 76.2 Å². The summed E-state index contributed by atoms with van der Waals surface area (Å²) in [5, 5.41) is 36.4. The van der Waals surface area contributed by atoms with E-state index in [0.717, 1.165) is 51.4 Å². The molecule has 0 saturated carbocycles. The van der Waals surface area contributed by atoms with Gasteiger partial charge in [0, 0.05) is 36.1 Å². The zero-order chi connectivity index (χ0) is 52.0. The minimum Gasteiger partial charge on any atom is -0.394 e. The van der Waals surface area contributed by atoms with Gasteiger partial charge in [0.2, 0.25) is 35.4 Å². The highest BCUT2D eigenvalue weighted by Crippen LogP contribution is 2.14. The molecule has 70 heavy (non-hydrogen) atoms. The van der Waals surface area contributed by atoms with Gasteiger partial charge in [0.05, 0.1) is 25.3 Å². The van der Waals surface area contributed by atoms with Crippen LogP contribution in [0.1, 0.15) is 181 Å². The van der Waals surface area contributed by atoms with Crippen molar-refractivity contribution in [1.29, 1.82) is 0 Å². The molecule has 0 aromatic rings. The molecule has 20 heteroatoms. The third-order valence-electron chi connectivity index (χ3n) is 12.1. The lowest BCUT2D eigenvalue weighted by Gasteiger charge is -2.24. The second-order valence-corrected chi connectivity index (χ2v) is 20.8. The quantitative estimate of drug-likeness (QED) is 0.0389. The summed E-state index contributed by atoms with van der Waals surface area (Å²) < 4.78 is 0. The summed E-state index contributed by atoms with van der Waals surface area (Å²) in [5.41, 5.74) is 23.5. The highest BCUT2D eigenvalue weighted by atomic mass is 32.2. The third-order valence-corrected chi connectivity index (χ3v) is 14.5. The summed E-state index contributed by atoms with van der Waals surface area (Å²) >= 11 is 2.69. The molecule has 4 unspecified atom stereocenters. The molecule has 0 bridgehead atoms. The van der Waals surface area contributed by atoms with Crippen LogP contribution in [0.25, 0.3) is 0 Å². The Kier molecular flexibility index (Phi) is 45.5. The van der Waals surface area contributed by atoms with Crippen molar-refractivity contribution in [3.05, 3.63) is 0 Å². The number of nitrogens with two attached hydrogens (primary N) is 4. The van der Waals surface area contributed by atoms with E-state index in [4.69, 9.17) is 22.9 Å². The smallest absolute Gasteiger partial charge is 0.244 e. The number of aliphatic hydroxyl groups excluding tert-OH is 2. The molecule has 18 nitrogen and oxygen atoms in total. The lowest BCUT2D eigenvalue weighted by atomic mass is 10.1. The van der Waals surface area contributed by atoms with Crippen molar-refractivity contribution in [2.45, 2.75) is 217 Å². The van der Waals surface area contributed by atoms with Gasteiger partial charge in [-0.3, -0.25) is 28.8 Å². The van der Waals surface area contributed by atoms with Gasteiger partial charge in [0.15, 0.2) is 0 Å². The third kappa shape index (κ3) is 36.2. The number of aliphatic hydroxyl groups is 2. The van der Waals surface area contributed by atoms with Gasteiger partial charge in [-0.15, -0.1) is 0 Å². The normalized spacial score (nSPS) is 13.9. The lowest BCUT2D eigenvalue weighted by Crippen LogP contribution is -2.57. The number of thioether (sulfide) groups is 2. The SMILES string of the molecule is CCCCCCCCCCCCNC(=O)[C@H](CO)NC(=O)C(CSCCSCC(NC(=O)C(N)CCCCN)C(=O)N[C@@H](CO)C(=O)NCCCCCCCCCCCC)NC(=O)C(N)CCCCN. The summed E-state index contributed by atoms with van der Waals surface area (Å²) in [6, 6.07) is -6.37. The van der Waals surface area contributed by atoms with Gasteiger partial charge >= 0.3 is 0 Å². The minimum atomic E-state index is -1.22. The lowest BCUT2D eigenvalue weighted by molar-refractivity contribution is -0.132. The number of carbonyl (C=O) groups is 6. The first kappa shape index (κ1) is 67.3. The minimum absolute atomic E-state index is 0.108. The van der Waals surface area contributed by atoms with Crippen LogP contribution in [0, 0.1) is 0 Å². The number of carbonyl (C=O) groups excluding carboxylic acids is 6. The molecule has 6 atom stereocenters. The molecular formula is C50H100N10O8S2. The van der Waals surface area contributed by atoms with E-state index in [2.05, 4.69) is 45.7 Å². The highest BCUT2D eigenvalue weighted by molar-refractivity contribution is 8.03. The van der Waals surface area contributed by atoms with Gasteiger partial charge in [0.1, 0.15) is 24.2 Å². The van der Waals surface area contributed by atoms with Crippen molar-refractivity contribution in [2.75, 3.05) is 62.4 Å². The average Bonchev–Trinajstić information content (AvgIpc) is 3.35. The molecule has 0 aromatic heterocycles. The maximum absolute atomic E-state index is 13.6. The van der Waals surface area contributed by atoms with E-state index in [9.17, 15) is 39.0 Å². The van der Waals surface area contributed by atoms with E-state index in [1.807, 2.05) is 0 Å². The molecule has 0 heterocycles. The molecule has 0 fully saturated rings. The highest BCUT2D eigenvalue weighted by Gasteiger charge is 2.30. The molecule has 0 aliphatic carbocycles. The zero-order valence-corrected chi connectivity index (χ0v) is 45.0. The number of rotatable bonds is 49. The van der Waals surface area contributed by atoms with Crippen LogP contribution in [0.3, 0.4) is 0 Å². The van der Waals surface area contributed by atoms with Crippen molar-refractivity contribution >= 4 is 59.0 Å². The summed E-state index contributed by atoms with van der Waals surface area (Å²) in [5.74, 6) is -2.26. The van der Waals surface area contributed by atoms with E-state index >= 15 is 0 Å². The first-order valence-corrected chi connectivity index (χ1v) is 29.3. The van der Waals surface area contributed by atoms with Gasteiger partial charge in [-0.05, 0) is 51.6 Å². The molecule has 0 saturated heterocycles. The second-order valence-electron chi connectivity index (χ2n) is 18.5. The van der Waals surface area contributed by atoms with E-state index in [1.165, 1.54) is 101 Å². The Morgan fingerprint density at radius 3 is 1.00 bits per heavy atom. The fraction of sp³-hybridized carbons (Fsp3) is 0.880. The Morgan fingerprint density at radius 2 is 0.700 bits per heavy atom. The molecule has 0 aliphatic heterocycles. The summed E-state index contributed by atoms with van der Waals surface area (Å²) in [4.78, 5) is 79.4. The van der Waals surface area contributed by atoms with Gasteiger partial charge < -0.3 is 65.0 Å². The molecule has 0 radical (unpaired) electrons. The Bertz CT molecular complexity index is 1260. The largest absolute Gasteiger partial charge is 0.394 e. The second kappa shape index (κ2) is 47.3. The van der Waals surface area contributed by atoms with Crippen molar-refractivity contribution in [3.63, 3.8) is 0 Å². The van der Waals surface area contributed by atoms with Gasteiger partial charge in [-0.25, -0.2) is 0 Å². The molecule has 410 valence electrons. The standard InChI is InChI=1S/C50H100N10O8S2/c1-3-5-7-9-11-13-15-17-19-25-31-55-47(65)41(35-61)57-49(67)43(59-45(63)39(53)27-21-23-29-51)37-69-33-34-70-38-44(60-46(64)40(54)28-22-24-30-52)50(68)58-42(36-62)48(66)56-32-26-20-18-16-14-12-10-8-6-4-2/h39-44,61-62H,3-38,51-54H2,1-2H3,(H,55,65)(H,56,66)(H,57,67)(H,58,68)(H,59,63)(H,60,64)/t39?,40?,41-,42-,43?,44?/m0/s1. The van der Waals surface area contributed by atoms with Crippen LogP contribution in [0.2, 0.25) is 0 Å². The average molecular weight is 1030 g/mol. The van der Waals surface area contributed by atoms with Crippen LogP contribution in [-0.2, 0) is 28.8 Å². The van der Waals surface area contributed by atoms with Crippen LogP contribution in [0.4, 0.5) is 0 Å². The molecule has 6 amide bonds. The molecule has 0 aliphatic rings. The van der Waals surface area contributed by atoms with E-state index in [-0.39, 0.29) is 11.5 Å². The van der Waals surface area contributed by atoms with Crippen LogP contribution in [-0.4, -0.2) is 144 Å². The maximum atomic E-state index is 13.6. The molecular weight excluding hydrogens is 933 g/mol. The molecule has 0 rings (SSSR count). The number of nitrogens with one attached hydrogen (secondary N) is 6. The molecule has 16 N–H and O–H groups in total. The van der Waals surface area contributed by atoms with Gasteiger partial charge in [-0.2, -0.15) is 23.5 Å². The first-order valence-electron chi connectivity index (χ1n) is 27.0. The van der Waals surface area contributed by atoms with Crippen LogP contribution < -0.4 is 54.8 Å². The maximum Gasteiger partial charge on any atom is 0.244 e. The van der Waals surface area contributed by atoms with Gasteiger partial charge in [0.25, 0.3) is 0 Å². The number of hydrogen-bond acceptors (Lipinski definition) is 14. The van der Waals surface area contributed by atoms with Crippen LogP contribution in [0.15, 0.2) is 0 Å². The summed E-state index contributed by atoms with van der Waals surface area (Å²) in [6.07, 6.45) is 26.4. The summed E-state index contributed by atoms with van der Waals surface area (Å²) in [6.45, 7) is 4.89. The first-order chi connectivity index (χ1) is 33.9. The monoisotopic (exact) mass is 1030 g/mol. The zero-order valence-electron chi connectivity index (χ0n) is 43.4. The van der Waals surface area contributed by atoms with Gasteiger partial charge in [-0.1, -0.05) is 142 Å². The molecule has 0 spiro atoms. The van der Waals surface area contributed by atoms with Crippen LogP contribution in [0.5, 0.6) is 0 Å². The number of unbranched alkanes of at least 4 members (excludes halogenated alkanes) is 20. The fourth-order valence-corrected chi connectivity index (χ4v) is 9.77. The van der Waals surface area contributed by atoms with Crippen molar-refractivity contribution < 1.29 is 39.0 Å². The Labute approximate surface area is 430 Å². The topological polar surface area (TPSA) is 319 Å².